The predicted molar refractivity (Wildman–Crippen MR) is 389 cm³/mol. The van der Waals surface area contributed by atoms with Gasteiger partial charge in [0.05, 0.1) is 30.4 Å². The zero-order valence-corrected chi connectivity index (χ0v) is 59.7. The minimum atomic E-state index is -0.404. The van der Waals surface area contributed by atoms with Crippen LogP contribution in [0.5, 0.6) is 0 Å². The number of carbonyl (C=O) groups is 2. The Bertz CT molecular complexity index is 2450. The lowest BCUT2D eigenvalue weighted by atomic mass is 9.88. The zero-order chi connectivity index (χ0) is 64.2. The average molecular weight is 1250 g/mol. The van der Waals surface area contributed by atoms with Crippen LogP contribution in [0.4, 0.5) is 5.69 Å². The molecule has 0 unspecified atom stereocenters. The van der Waals surface area contributed by atoms with Crippen molar-refractivity contribution in [1.82, 2.24) is 0 Å². The van der Waals surface area contributed by atoms with Crippen molar-refractivity contribution in [1.29, 1.82) is 0 Å². The second-order valence-electron chi connectivity index (χ2n) is 27.7. The van der Waals surface area contributed by atoms with E-state index in [2.05, 4.69) is 76.1 Å². The molecule has 1 aliphatic heterocycles. The van der Waals surface area contributed by atoms with E-state index in [9.17, 15) is 9.59 Å². The highest BCUT2D eigenvalue weighted by molar-refractivity contribution is 6.09. The first-order valence-electron chi connectivity index (χ1n) is 39.1. The van der Waals surface area contributed by atoms with E-state index in [0.717, 1.165) is 120 Å². The molecule has 0 aromatic heterocycles. The molecule has 90 heavy (non-hydrogen) atoms. The third-order valence-corrected chi connectivity index (χ3v) is 19.3. The molecule has 0 radical (unpaired) electrons. The van der Waals surface area contributed by atoms with E-state index >= 15 is 0 Å². The smallest absolute Gasteiger partial charge is 0.338 e. The number of nitrogens with one attached hydrogen (secondary N) is 2. The summed E-state index contributed by atoms with van der Waals surface area (Å²) in [6.45, 7) is 16.0. The van der Waals surface area contributed by atoms with Gasteiger partial charge in [0, 0.05) is 46.8 Å². The standard InChI is InChI=1S/C83H138N2O5/c1-7-11-15-19-23-27-31-33-35-37-39-41-45-49-53-57-63-88-82(86)72-59-60-73(74(67-72)83(87)89-64-58-54-50-46-42-40-38-36-34-32-28-24-20-16-12-8-2)81-75-65-70(5)77(84-61-55-51-47-43-29-25-21-17-13-9-3)68-79(75)90-80-69-78(71(6)66-76(80)81)85-62-56-52-48-44-30-26-22-18-14-10-4/h59-60,65-69,84H,7-58,61-64H2,1-6H3/p+1. The van der Waals surface area contributed by atoms with E-state index in [1.807, 2.05) is 12.1 Å². The van der Waals surface area contributed by atoms with Gasteiger partial charge in [0.2, 0.25) is 5.36 Å². The first-order chi connectivity index (χ1) is 44.3. The summed E-state index contributed by atoms with van der Waals surface area (Å²) in [6, 6.07) is 14.3. The van der Waals surface area contributed by atoms with E-state index in [1.54, 1.807) is 6.07 Å². The van der Waals surface area contributed by atoms with E-state index in [4.69, 9.17) is 13.9 Å². The van der Waals surface area contributed by atoms with Gasteiger partial charge >= 0.3 is 11.9 Å². The van der Waals surface area contributed by atoms with Crippen molar-refractivity contribution >= 4 is 28.6 Å². The highest BCUT2D eigenvalue weighted by Crippen LogP contribution is 2.43. The molecule has 0 amide bonds. The van der Waals surface area contributed by atoms with Gasteiger partial charge in [-0.1, -0.05) is 336 Å². The van der Waals surface area contributed by atoms with Crippen molar-refractivity contribution in [3.63, 3.8) is 0 Å². The van der Waals surface area contributed by atoms with Crippen LogP contribution in [0.25, 0.3) is 33.4 Å². The molecule has 2 N–H and O–H groups in total. The van der Waals surface area contributed by atoms with Crippen molar-refractivity contribution in [2.75, 3.05) is 31.6 Å². The summed E-state index contributed by atoms with van der Waals surface area (Å²) < 4.78 is 19.2. The Morgan fingerprint density at radius 1 is 0.389 bits per heavy atom. The van der Waals surface area contributed by atoms with Crippen molar-refractivity contribution in [3.05, 3.63) is 70.1 Å². The molecular weight excluding hydrogens is 1100 g/mol. The van der Waals surface area contributed by atoms with Gasteiger partial charge in [0.15, 0.2) is 0 Å². The molecule has 1 aliphatic carbocycles. The van der Waals surface area contributed by atoms with Gasteiger partial charge in [-0.3, -0.25) is 0 Å². The van der Waals surface area contributed by atoms with Crippen LogP contribution in [0, 0.1) is 13.8 Å². The fraction of sp³-hybridized carbons (Fsp3) is 0.747. The summed E-state index contributed by atoms with van der Waals surface area (Å²) in [5.74, 6) is -0.0402. The van der Waals surface area contributed by atoms with Crippen LogP contribution in [-0.4, -0.2) is 38.2 Å². The van der Waals surface area contributed by atoms with Crippen molar-refractivity contribution < 1.29 is 28.5 Å². The number of hydrogen-bond donors (Lipinski definition) is 2. The normalized spacial score (nSPS) is 11.9. The number of ether oxygens (including phenoxy) is 2. The second-order valence-corrected chi connectivity index (χ2v) is 27.7. The average Bonchev–Trinajstić information content (AvgIpc) is 0.751. The molecule has 0 atom stereocenters. The molecule has 7 heteroatoms. The van der Waals surface area contributed by atoms with E-state index in [1.165, 1.54) is 283 Å². The van der Waals surface area contributed by atoms with Crippen LogP contribution in [0.2, 0.25) is 0 Å². The van der Waals surface area contributed by atoms with Gasteiger partial charge in [0.25, 0.3) is 0 Å². The Hall–Kier alpha value is -4.13. The Kier molecular flexibility index (Phi) is 46.3. The monoisotopic (exact) mass is 1240 g/mol. The Morgan fingerprint density at radius 2 is 0.767 bits per heavy atom. The number of esters is 2. The van der Waals surface area contributed by atoms with Crippen LogP contribution >= 0.6 is 0 Å². The fourth-order valence-corrected chi connectivity index (χ4v) is 13.4. The van der Waals surface area contributed by atoms with Gasteiger partial charge in [-0.15, -0.1) is 0 Å². The summed E-state index contributed by atoms with van der Waals surface area (Å²) in [6.07, 6.45) is 67.6. The summed E-state index contributed by atoms with van der Waals surface area (Å²) in [5.41, 5.74) is 7.43. The van der Waals surface area contributed by atoms with Crippen molar-refractivity contribution in [3.8, 4) is 22.5 Å². The molecule has 2 aromatic rings. The van der Waals surface area contributed by atoms with Crippen LogP contribution < -0.4 is 15.7 Å². The van der Waals surface area contributed by atoms with E-state index in [-0.39, 0.29) is 0 Å². The number of carbonyl (C=O) groups excluding carboxylic acids is 2. The molecule has 0 saturated carbocycles. The first kappa shape index (κ1) is 78.3. The minimum Gasteiger partial charge on any atom is -0.462 e. The van der Waals surface area contributed by atoms with Crippen LogP contribution in [0.1, 0.15) is 393 Å². The fourth-order valence-electron chi connectivity index (χ4n) is 13.4. The quantitative estimate of drug-likeness (QED) is 0.0260. The molecule has 1 heterocycles. The summed E-state index contributed by atoms with van der Waals surface area (Å²) in [7, 11) is 0. The first-order valence-corrected chi connectivity index (χ1v) is 39.1. The lowest BCUT2D eigenvalue weighted by molar-refractivity contribution is -0.501. The SMILES string of the molecule is CCCCCCCCCCCCCCCCCCOC(=O)c1ccc(-c2c3cc(C)c(=[NH+]CCCCCCCCCCCC)cc-3oc3cc(NCCCCCCCCCCCC)c(C)cc23)c(C(=O)OCCCCCCCCCCCCCCCCCC)c1. The Balaban J connectivity index is 1.50. The predicted octanol–water partition coefficient (Wildman–Crippen LogP) is 24.9. The van der Waals surface area contributed by atoms with E-state index in [0.29, 0.717) is 24.3 Å². The Morgan fingerprint density at radius 3 is 1.19 bits per heavy atom. The molecule has 0 spiro atoms. The molecule has 2 aromatic carbocycles. The molecule has 510 valence electrons. The molecular formula is C83H139N2O5+. The number of anilines is 1. The second kappa shape index (κ2) is 53.3. The third-order valence-electron chi connectivity index (χ3n) is 19.3. The summed E-state index contributed by atoms with van der Waals surface area (Å²) in [4.78, 5) is 32.5. The largest absolute Gasteiger partial charge is 0.462 e. The number of benzene rings is 3. The van der Waals surface area contributed by atoms with Crippen LogP contribution in [0.3, 0.4) is 0 Å². The van der Waals surface area contributed by atoms with Gasteiger partial charge in [-0.2, -0.15) is 0 Å². The maximum Gasteiger partial charge on any atom is 0.338 e. The van der Waals surface area contributed by atoms with Gasteiger partial charge in [-0.05, 0) is 74.9 Å². The van der Waals surface area contributed by atoms with E-state index < -0.39 is 11.9 Å². The topological polar surface area (TPSA) is 91.7 Å². The van der Waals surface area contributed by atoms with Crippen LogP contribution in [-0.2, 0) is 9.47 Å². The molecule has 4 rings (SSSR count). The van der Waals surface area contributed by atoms with Gasteiger partial charge in [-0.25, -0.2) is 14.6 Å². The molecule has 2 aliphatic rings. The number of rotatable bonds is 60. The van der Waals surface area contributed by atoms with Gasteiger partial charge in [0.1, 0.15) is 17.9 Å². The maximum absolute atomic E-state index is 14.8. The highest BCUT2D eigenvalue weighted by atomic mass is 16.5. The number of unbranched alkanes of at least 4 members (excludes halogenated alkanes) is 48. The molecule has 0 fully saturated rings. The minimum absolute atomic E-state index is 0.344. The third kappa shape index (κ3) is 34.7. The Labute approximate surface area is 553 Å². The zero-order valence-electron chi connectivity index (χ0n) is 59.7. The lowest BCUT2D eigenvalue weighted by Gasteiger charge is -2.20. The molecule has 0 bridgehead atoms. The van der Waals surface area contributed by atoms with Crippen LogP contribution in [0.15, 0.2) is 46.9 Å². The van der Waals surface area contributed by atoms with Crippen molar-refractivity contribution in [2.45, 2.75) is 375 Å². The van der Waals surface area contributed by atoms with Crippen molar-refractivity contribution in [2.24, 2.45) is 0 Å². The molecule has 0 saturated heterocycles. The number of fused-ring (bicyclic) bond motifs is 2. The number of hydrogen-bond acceptors (Lipinski definition) is 6. The lowest BCUT2D eigenvalue weighted by Crippen LogP contribution is -2.77. The molecule has 7 nitrogen and oxygen atoms in total. The van der Waals surface area contributed by atoms with Gasteiger partial charge < -0.3 is 19.2 Å². The number of aryl methyl sites for hydroxylation is 2. The highest BCUT2D eigenvalue weighted by Gasteiger charge is 2.26. The summed E-state index contributed by atoms with van der Waals surface area (Å²) in [5, 5.41) is 5.79. The summed E-state index contributed by atoms with van der Waals surface area (Å²) >= 11 is 0. The maximum atomic E-state index is 14.8.